The minimum absolute atomic E-state index is 0.131. The topological polar surface area (TPSA) is 67.4 Å². The second-order valence-corrected chi connectivity index (χ2v) is 12.1. The number of hydrogen-bond donors (Lipinski definition) is 2. The van der Waals surface area contributed by atoms with E-state index < -0.39 is 46.3 Å². The first kappa shape index (κ1) is 25.7. The largest absolute Gasteiger partial charge is 0.397 e. The van der Waals surface area contributed by atoms with E-state index in [0.29, 0.717) is 11.5 Å². The molecule has 10 heteroatoms. The van der Waals surface area contributed by atoms with Crippen LogP contribution in [0.15, 0.2) is 47.4 Å². The Labute approximate surface area is 185 Å². The molecule has 0 spiro atoms. The first-order valence-electron chi connectivity index (χ1n) is 9.53. The van der Waals surface area contributed by atoms with Gasteiger partial charge in [-0.05, 0) is 48.1 Å². The Balaban J connectivity index is 2.28. The summed E-state index contributed by atoms with van der Waals surface area (Å²) in [7, 11) is 0.165. The van der Waals surface area contributed by atoms with Crippen molar-refractivity contribution >= 4 is 27.5 Å². The van der Waals surface area contributed by atoms with Crippen LogP contribution in [0.3, 0.4) is 0 Å². The van der Waals surface area contributed by atoms with Gasteiger partial charge in [0.05, 0.1) is 6.61 Å². The molecule has 0 saturated heterocycles. The third-order valence-electron chi connectivity index (χ3n) is 4.41. The summed E-state index contributed by atoms with van der Waals surface area (Å²) in [6.07, 6.45) is -0.687. The number of ether oxygens (including phenoxy) is 1. The van der Waals surface area contributed by atoms with Gasteiger partial charge in [-0.15, -0.1) is 0 Å². The van der Waals surface area contributed by atoms with Crippen molar-refractivity contribution in [2.75, 3.05) is 31.2 Å². The van der Waals surface area contributed by atoms with Crippen LogP contribution in [0.1, 0.15) is 23.6 Å². The van der Waals surface area contributed by atoms with Crippen LogP contribution < -0.4 is 10.6 Å². The van der Waals surface area contributed by atoms with E-state index in [0.717, 1.165) is 11.6 Å². The molecular formula is C22H26F4N2O3S. The van der Waals surface area contributed by atoms with Crippen molar-refractivity contribution in [3.8, 4) is 0 Å². The molecule has 0 heterocycles. The van der Waals surface area contributed by atoms with Crippen LogP contribution in [-0.2, 0) is 20.9 Å². The summed E-state index contributed by atoms with van der Waals surface area (Å²) in [5, 5.41) is 4.60. The smallest absolute Gasteiger partial charge is 0.380 e. The number of benzene rings is 2. The molecule has 176 valence electrons. The second-order valence-electron chi connectivity index (χ2n) is 7.94. The average Bonchev–Trinajstić information content (AvgIpc) is 2.64. The Morgan fingerprint density at radius 3 is 2.19 bits per heavy atom. The maximum absolute atomic E-state index is 14.5. The normalized spacial score (nSPS) is 13.4. The highest BCUT2D eigenvalue weighted by atomic mass is 32.3. The quantitative estimate of drug-likeness (QED) is 0.542. The molecule has 2 N–H and O–H groups in total. The van der Waals surface area contributed by atoms with Crippen LogP contribution in [0.4, 0.5) is 23.2 Å². The number of alkyl halides is 3. The monoisotopic (exact) mass is 474 g/mol. The number of anilines is 1. The standard InChI is InChI=1S/C22H26F4N2O3S/c1-31-13-14-5-7-15(8-6-14)20(28-19(29)12-22(24,25)26)21(30)27-16-9-10-18(17(23)11-16)32(2,3)4/h5-11,20H,12-13H2,1-4H3,(H,27,30)(H,28,29)/t20-/m1/s1. The molecule has 0 aromatic heterocycles. The highest BCUT2D eigenvalue weighted by Gasteiger charge is 2.33. The number of methoxy groups -OCH3 is 1. The van der Waals surface area contributed by atoms with Crippen molar-refractivity contribution in [2.24, 2.45) is 0 Å². The van der Waals surface area contributed by atoms with E-state index in [1.807, 2.05) is 18.8 Å². The van der Waals surface area contributed by atoms with Gasteiger partial charge in [-0.25, -0.2) is 14.4 Å². The van der Waals surface area contributed by atoms with Gasteiger partial charge < -0.3 is 15.4 Å². The van der Waals surface area contributed by atoms with Crippen LogP contribution in [0.5, 0.6) is 0 Å². The Morgan fingerprint density at radius 1 is 1.06 bits per heavy atom. The number of carbonyl (C=O) groups excluding carboxylic acids is 2. The Kier molecular flexibility index (Phi) is 8.30. The number of amides is 2. The minimum Gasteiger partial charge on any atom is -0.380 e. The van der Waals surface area contributed by atoms with Gasteiger partial charge in [0.15, 0.2) is 0 Å². The molecule has 0 saturated carbocycles. The molecule has 0 bridgehead atoms. The van der Waals surface area contributed by atoms with Gasteiger partial charge >= 0.3 is 6.18 Å². The maximum Gasteiger partial charge on any atom is 0.397 e. The van der Waals surface area contributed by atoms with Crippen LogP contribution in [-0.4, -0.2) is 43.9 Å². The molecule has 0 radical (unpaired) electrons. The number of halogens is 4. The molecule has 0 aliphatic heterocycles. The van der Waals surface area contributed by atoms with E-state index in [2.05, 4.69) is 10.6 Å². The van der Waals surface area contributed by atoms with Crippen molar-refractivity contribution in [1.29, 1.82) is 0 Å². The Hall–Kier alpha value is -2.59. The lowest BCUT2D eigenvalue weighted by Crippen LogP contribution is -2.38. The number of carbonyl (C=O) groups is 2. The van der Waals surface area contributed by atoms with Crippen molar-refractivity contribution in [2.45, 2.75) is 30.1 Å². The molecule has 5 nitrogen and oxygen atoms in total. The van der Waals surface area contributed by atoms with Gasteiger partial charge in [0.2, 0.25) is 5.91 Å². The predicted molar refractivity (Wildman–Crippen MR) is 117 cm³/mol. The average molecular weight is 475 g/mol. The molecule has 0 fully saturated rings. The molecule has 0 aliphatic rings. The van der Waals surface area contributed by atoms with Gasteiger partial charge in [-0.2, -0.15) is 13.2 Å². The lowest BCUT2D eigenvalue weighted by molar-refractivity contribution is -0.155. The summed E-state index contributed by atoms with van der Waals surface area (Å²) < 4.78 is 57.3. The summed E-state index contributed by atoms with van der Waals surface area (Å²) in [6.45, 7) is 0.305. The van der Waals surface area contributed by atoms with Gasteiger partial charge in [-0.1, -0.05) is 24.3 Å². The third-order valence-corrected chi connectivity index (χ3v) is 6.06. The van der Waals surface area contributed by atoms with Crippen LogP contribution in [0.25, 0.3) is 0 Å². The first-order valence-corrected chi connectivity index (χ1v) is 12.4. The lowest BCUT2D eigenvalue weighted by atomic mass is 10.0. The van der Waals surface area contributed by atoms with E-state index in [1.54, 1.807) is 18.2 Å². The predicted octanol–water partition coefficient (Wildman–Crippen LogP) is 4.77. The fourth-order valence-corrected chi connectivity index (χ4v) is 4.08. The zero-order valence-corrected chi connectivity index (χ0v) is 19.0. The van der Waals surface area contributed by atoms with Crippen LogP contribution in [0.2, 0.25) is 0 Å². The van der Waals surface area contributed by atoms with E-state index in [-0.39, 0.29) is 11.3 Å². The molecule has 2 amide bonds. The minimum atomic E-state index is -4.72. The molecule has 0 unspecified atom stereocenters. The zero-order valence-electron chi connectivity index (χ0n) is 18.2. The first-order chi connectivity index (χ1) is 14.8. The fraction of sp³-hybridized carbons (Fsp3) is 0.364. The molecule has 32 heavy (non-hydrogen) atoms. The SMILES string of the molecule is COCc1ccc([C@@H](NC(=O)CC(F)(F)F)C(=O)Nc2ccc(S(C)(C)C)c(F)c2)cc1. The molecular weight excluding hydrogens is 448 g/mol. The molecule has 1 atom stereocenters. The van der Waals surface area contributed by atoms with Crippen molar-refractivity contribution < 1.29 is 31.9 Å². The highest BCUT2D eigenvalue weighted by molar-refractivity contribution is 8.32. The fourth-order valence-electron chi connectivity index (χ4n) is 2.96. The number of rotatable bonds is 8. The van der Waals surface area contributed by atoms with Crippen molar-refractivity contribution in [3.63, 3.8) is 0 Å². The van der Waals surface area contributed by atoms with Crippen molar-refractivity contribution in [1.82, 2.24) is 5.32 Å². The Bertz CT molecular complexity index is 957. The summed E-state index contributed by atoms with van der Waals surface area (Å²) in [5.41, 5.74) is 1.18. The van der Waals surface area contributed by atoms with Gasteiger partial charge in [-0.3, -0.25) is 9.59 Å². The van der Waals surface area contributed by atoms with Crippen molar-refractivity contribution in [3.05, 3.63) is 59.4 Å². The van der Waals surface area contributed by atoms with E-state index in [9.17, 15) is 27.2 Å². The zero-order chi connectivity index (χ0) is 24.1. The van der Waals surface area contributed by atoms with Crippen LogP contribution >= 0.6 is 10.0 Å². The molecule has 2 aromatic rings. The van der Waals surface area contributed by atoms with E-state index >= 15 is 0 Å². The molecule has 2 aromatic carbocycles. The van der Waals surface area contributed by atoms with Gasteiger partial charge in [0.25, 0.3) is 5.91 Å². The van der Waals surface area contributed by atoms with Gasteiger partial charge in [0.1, 0.15) is 18.3 Å². The summed E-state index contributed by atoms with van der Waals surface area (Å²) in [6, 6.07) is 9.13. The maximum atomic E-state index is 14.5. The number of nitrogens with one attached hydrogen (secondary N) is 2. The van der Waals surface area contributed by atoms with E-state index in [4.69, 9.17) is 4.74 Å². The number of hydrogen-bond acceptors (Lipinski definition) is 3. The van der Waals surface area contributed by atoms with E-state index in [1.165, 1.54) is 25.3 Å². The molecule has 0 aliphatic carbocycles. The molecule has 2 rings (SSSR count). The van der Waals surface area contributed by atoms with Crippen LogP contribution in [0, 0.1) is 5.82 Å². The summed E-state index contributed by atoms with van der Waals surface area (Å²) in [5.74, 6) is -2.64. The van der Waals surface area contributed by atoms with Gasteiger partial charge in [0, 0.05) is 17.7 Å². The highest BCUT2D eigenvalue weighted by Crippen LogP contribution is 2.46. The third kappa shape index (κ3) is 7.52. The second kappa shape index (κ2) is 10.4. The Morgan fingerprint density at radius 2 is 1.69 bits per heavy atom. The summed E-state index contributed by atoms with van der Waals surface area (Å²) >= 11 is 0. The summed E-state index contributed by atoms with van der Waals surface area (Å²) in [4.78, 5) is 25.3. The lowest BCUT2D eigenvalue weighted by Gasteiger charge is -2.26.